The third-order valence-corrected chi connectivity index (χ3v) is 3.90. The summed E-state index contributed by atoms with van der Waals surface area (Å²) in [6.45, 7) is 1.90. The highest BCUT2D eigenvalue weighted by Gasteiger charge is 2.20. The number of hydrogen-bond acceptors (Lipinski definition) is 3. The van der Waals surface area contributed by atoms with Gasteiger partial charge in [0.05, 0.1) is 18.0 Å². The summed E-state index contributed by atoms with van der Waals surface area (Å²) >= 11 is 0. The van der Waals surface area contributed by atoms with Crippen LogP contribution in [0, 0.1) is 6.92 Å². The molecule has 0 saturated carbocycles. The Morgan fingerprint density at radius 1 is 1.25 bits per heavy atom. The van der Waals surface area contributed by atoms with Crippen molar-refractivity contribution >= 4 is 17.5 Å². The first kappa shape index (κ1) is 15.7. The molecular weight excluding hydrogens is 306 g/mol. The Bertz CT molecular complexity index is 901. The maximum atomic E-state index is 12.5. The number of carbonyl (C=O) groups excluding carboxylic acids is 1. The highest BCUT2D eigenvalue weighted by Crippen LogP contribution is 2.21. The van der Waals surface area contributed by atoms with Gasteiger partial charge in [-0.25, -0.2) is 4.98 Å². The van der Waals surface area contributed by atoms with E-state index in [1.54, 1.807) is 35.1 Å². The highest BCUT2D eigenvalue weighted by molar-refractivity contribution is 5.94. The number of pyridine rings is 1. The number of benzene rings is 1. The second-order valence-corrected chi connectivity index (χ2v) is 5.59. The van der Waals surface area contributed by atoms with Crippen molar-refractivity contribution in [1.29, 1.82) is 0 Å². The summed E-state index contributed by atoms with van der Waals surface area (Å²) in [4.78, 5) is 27.9. The van der Waals surface area contributed by atoms with Gasteiger partial charge >= 0.3 is 5.97 Å². The van der Waals surface area contributed by atoms with E-state index in [1.165, 1.54) is 0 Å². The molecule has 0 aliphatic heterocycles. The Hall–Kier alpha value is -3.15. The number of aryl methyl sites for hydroxylation is 1. The zero-order valence-corrected chi connectivity index (χ0v) is 13.1. The molecule has 6 nitrogen and oxygen atoms in total. The summed E-state index contributed by atoms with van der Waals surface area (Å²) in [5, 5.41) is 12.0. The molecule has 3 aromatic rings. The summed E-state index contributed by atoms with van der Waals surface area (Å²) < 4.78 is 1.74. The Labute approximate surface area is 138 Å². The van der Waals surface area contributed by atoms with Crippen LogP contribution in [0.3, 0.4) is 0 Å². The van der Waals surface area contributed by atoms with Crippen molar-refractivity contribution < 1.29 is 14.7 Å². The average molecular weight is 323 g/mol. The molecule has 1 atom stereocenters. The summed E-state index contributed by atoms with van der Waals surface area (Å²) in [5.41, 5.74) is 2.93. The number of carbonyl (C=O) groups is 2. The summed E-state index contributed by atoms with van der Waals surface area (Å²) in [5.74, 6) is -1.28. The number of fused-ring (bicyclic) bond motifs is 1. The van der Waals surface area contributed by atoms with E-state index in [2.05, 4.69) is 10.3 Å². The summed E-state index contributed by atoms with van der Waals surface area (Å²) in [6.07, 6.45) is 4.90. The van der Waals surface area contributed by atoms with Gasteiger partial charge in [-0.15, -0.1) is 0 Å². The predicted octanol–water partition coefficient (Wildman–Crippen LogP) is 2.59. The number of hydrogen-bond donors (Lipinski definition) is 2. The van der Waals surface area contributed by atoms with E-state index in [0.29, 0.717) is 5.56 Å². The van der Waals surface area contributed by atoms with Crippen LogP contribution in [-0.4, -0.2) is 26.4 Å². The monoisotopic (exact) mass is 323 g/mol. The molecule has 2 heterocycles. The molecule has 0 saturated heterocycles. The van der Waals surface area contributed by atoms with Crippen molar-refractivity contribution in [2.75, 3.05) is 0 Å². The molecule has 6 heteroatoms. The van der Waals surface area contributed by atoms with E-state index in [9.17, 15) is 9.59 Å². The fourth-order valence-corrected chi connectivity index (χ4v) is 2.69. The van der Waals surface area contributed by atoms with Gasteiger partial charge in [0.1, 0.15) is 5.65 Å². The average Bonchev–Trinajstić information content (AvgIpc) is 3.01. The first-order chi connectivity index (χ1) is 11.5. The fourth-order valence-electron chi connectivity index (χ4n) is 2.69. The number of nitrogens with one attached hydrogen (secondary N) is 1. The van der Waals surface area contributed by atoms with E-state index in [4.69, 9.17) is 5.11 Å². The minimum Gasteiger partial charge on any atom is -0.481 e. The van der Waals surface area contributed by atoms with Crippen LogP contribution in [0.5, 0.6) is 0 Å². The lowest BCUT2D eigenvalue weighted by Gasteiger charge is -2.19. The predicted molar refractivity (Wildman–Crippen MR) is 88.8 cm³/mol. The van der Waals surface area contributed by atoms with Crippen molar-refractivity contribution in [3.63, 3.8) is 0 Å². The zero-order chi connectivity index (χ0) is 17.1. The quantitative estimate of drug-likeness (QED) is 0.756. The Morgan fingerprint density at radius 3 is 2.79 bits per heavy atom. The first-order valence-corrected chi connectivity index (χ1v) is 7.55. The minimum absolute atomic E-state index is 0.177. The number of imidazole rings is 1. The molecule has 0 aliphatic carbocycles. The van der Waals surface area contributed by atoms with Gasteiger partial charge < -0.3 is 14.8 Å². The number of carboxylic acid groups (broad SMARTS) is 1. The molecule has 0 bridgehead atoms. The van der Waals surface area contributed by atoms with Gasteiger partial charge in [0.2, 0.25) is 0 Å². The van der Waals surface area contributed by atoms with Gasteiger partial charge in [0, 0.05) is 18.6 Å². The van der Waals surface area contributed by atoms with E-state index < -0.39 is 12.0 Å². The molecule has 0 radical (unpaired) electrons. The van der Waals surface area contributed by atoms with Crippen LogP contribution in [0.15, 0.2) is 55.0 Å². The van der Waals surface area contributed by atoms with Crippen LogP contribution in [-0.2, 0) is 4.79 Å². The van der Waals surface area contributed by atoms with Crippen molar-refractivity contribution in [2.24, 2.45) is 0 Å². The smallest absolute Gasteiger partial charge is 0.305 e. The van der Waals surface area contributed by atoms with Crippen molar-refractivity contribution in [1.82, 2.24) is 14.7 Å². The van der Waals surface area contributed by atoms with Gasteiger partial charge in [0.25, 0.3) is 5.91 Å². The van der Waals surface area contributed by atoms with Crippen molar-refractivity contribution in [3.8, 4) is 0 Å². The van der Waals surface area contributed by atoms with Gasteiger partial charge in [-0.05, 0) is 30.2 Å². The van der Waals surface area contributed by atoms with Gasteiger partial charge in [-0.2, -0.15) is 0 Å². The molecule has 1 aromatic carbocycles. The summed E-state index contributed by atoms with van der Waals surface area (Å²) in [6, 6.07) is 10.3. The molecule has 122 valence electrons. The molecule has 1 amide bonds. The summed E-state index contributed by atoms with van der Waals surface area (Å²) in [7, 11) is 0. The molecule has 0 unspecified atom stereocenters. The normalized spacial score (nSPS) is 12.0. The van der Waals surface area contributed by atoms with Crippen LogP contribution in [0.2, 0.25) is 0 Å². The maximum absolute atomic E-state index is 12.5. The third-order valence-electron chi connectivity index (χ3n) is 3.90. The van der Waals surface area contributed by atoms with E-state index in [0.717, 1.165) is 16.8 Å². The Balaban J connectivity index is 1.87. The van der Waals surface area contributed by atoms with Crippen LogP contribution in [0.1, 0.15) is 33.9 Å². The molecular formula is C18H17N3O3. The SMILES string of the molecule is Cc1ccccc1[C@H](CC(=O)O)NC(=O)c1ccc2nccn2c1. The molecule has 0 aliphatic rings. The number of aromatic nitrogens is 2. The molecule has 2 N–H and O–H groups in total. The minimum atomic E-state index is -0.964. The molecule has 0 fully saturated rings. The van der Waals surface area contributed by atoms with Crippen LogP contribution in [0.4, 0.5) is 0 Å². The second kappa shape index (κ2) is 6.54. The van der Waals surface area contributed by atoms with Gasteiger partial charge in [-0.3, -0.25) is 9.59 Å². The Kier molecular flexibility index (Phi) is 4.29. The number of aliphatic carboxylic acids is 1. The van der Waals surface area contributed by atoms with Gasteiger partial charge in [-0.1, -0.05) is 24.3 Å². The molecule has 3 rings (SSSR count). The maximum Gasteiger partial charge on any atom is 0.305 e. The lowest BCUT2D eigenvalue weighted by molar-refractivity contribution is -0.137. The number of carboxylic acids is 1. The van der Waals surface area contributed by atoms with Crippen molar-refractivity contribution in [2.45, 2.75) is 19.4 Å². The lowest BCUT2D eigenvalue weighted by atomic mass is 9.98. The van der Waals surface area contributed by atoms with Crippen LogP contribution >= 0.6 is 0 Å². The number of nitrogens with zero attached hydrogens (tertiary/aromatic N) is 2. The fraction of sp³-hybridized carbons (Fsp3) is 0.167. The largest absolute Gasteiger partial charge is 0.481 e. The topological polar surface area (TPSA) is 83.7 Å². The molecule has 0 spiro atoms. The highest BCUT2D eigenvalue weighted by atomic mass is 16.4. The lowest BCUT2D eigenvalue weighted by Crippen LogP contribution is -2.30. The standard InChI is InChI=1S/C18H17N3O3/c1-12-4-2-3-5-14(12)15(10-17(22)23)20-18(24)13-6-7-16-19-8-9-21(16)11-13/h2-9,11,15H,10H2,1H3,(H,20,24)(H,22,23)/t15-/m0/s1. The number of amides is 1. The second-order valence-electron chi connectivity index (χ2n) is 5.59. The van der Waals surface area contributed by atoms with Crippen LogP contribution < -0.4 is 5.32 Å². The van der Waals surface area contributed by atoms with Crippen LogP contribution in [0.25, 0.3) is 5.65 Å². The van der Waals surface area contributed by atoms with E-state index in [-0.39, 0.29) is 12.3 Å². The van der Waals surface area contributed by atoms with E-state index in [1.807, 2.05) is 31.2 Å². The Morgan fingerprint density at radius 2 is 2.04 bits per heavy atom. The molecule has 2 aromatic heterocycles. The third kappa shape index (κ3) is 3.27. The first-order valence-electron chi connectivity index (χ1n) is 7.55. The zero-order valence-electron chi connectivity index (χ0n) is 13.1. The van der Waals surface area contributed by atoms with Crippen molar-refractivity contribution in [3.05, 3.63) is 71.7 Å². The number of rotatable bonds is 5. The van der Waals surface area contributed by atoms with E-state index >= 15 is 0 Å². The van der Waals surface area contributed by atoms with Gasteiger partial charge in [0.15, 0.2) is 0 Å². The molecule has 24 heavy (non-hydrogen) atoms.